The lowest BCUT2D eigenvalue weighted by molar-refractivity contribution is 0.0587. The first-order valence-electron chi connectivity index (χ1n) is 10.7. The summed E-state index contributed by atoms with van der Waals surface area (Å²) in [6.07, 6.45) is 2.10. The molecule has 1 unspecified atom stereocenters. The molecule has 1 aliphatic heterocycles. The highest BCUT2D eigenvalue weighted by Gasteiger charge is 2.48. The summed E-state index contributed by atoms with van der Waals surface area (Å²) >= 11 is 0. The van der Waals surface area contributed by atoms with Crippen molar-refractivity contribution >= 4 is 5.78 Å². The lowest BCUT2D eigenvalue weighted by Gasteiger charge is -2.34. The lowest BCUT2D eigenvalue weighted by Crippen LogP contribution is -2.38. The van der Waals surface area contributed by atoms with Crippen LogP contribution in [0, 0.1) is 12.5 Å². The van der Waals surface area contributed by atoms with E-state index in [0.29, 0.717) is 22.6 Å². The molecule has 2 aliphatic rings. The molecule has 6 heteroatoms. The molecule has 1 fully saturated rings. The van der Waals surface area contributed by atoms with Crippen LogP contribution in [-0.4, -0.2) is 43.3 Å². The Balaban J connectivity index is 1.39. The summed E-state index contributed by atoms with van der Waals surface area (Å²) in [6, 6.07) is 13.6. The van der Waals surface area contributed by atoms with Gasteiger partial charge in [-0.05, 0) is 61.5 Å². The highest BCUT2D eigenvalue weighted by Crippen LogP contribution is 2.43. The number of nitrogens with zero attached hydrogens (tertiary/aromatic N) is 2. The molecule has 162 valence electrons. The summed E-state index contributed by atoms with van der Waals surface area (Å²) in [4.78, 5) is 18.5. The van der Waals surface area contributed by atoms with Gasteiger partial charge in [0.2, 0.25) is 5.78 Å². The molecule has 1 aliphatic carbocycles. The largest absolute Gasteiger partial charge is 0.493 e. The third-order valence-corrected chi connectivity index (χ3v) is 6.36. The number of carbonyl (C=O) groups is 1. The van der Waals surface area contributed by atoms with Gasteiger partial charge in [-0.25, -0.2) is 11.0 Å². The minimum atomic E-state index is -1.88. The van der Waals surface area contributed by atoms with Crippen molar-refractivity contribution in [3.8, 4) is 11.5 Å². The molecule has 0 amide bonds. The fourth-order valence-corrected chi connectivity index (χ4v) is 4.77. The zero-order chi connectivity index (χ0) is 21.8. The Morgan fingerprint density at radius 3 is 2.61 bits per heavy atom. The average Bonchev–Trinajstić information content (AvgIpc) is 3.02. The summed E-state index contributed by atoms with van der Waals surface area (Å²) in [5.41, 5.74) is 0.415. The minimum Gasteiger partial charge on any atom is -0.493 e. The number of ketones is 1. The van der Waals surface area contributed by atoms with Gasteiger partial charge >= 0.3 is 6.73 Å². The molecule has 4 rings (SSSR count). The molecule has 0 bridgehead atoms. The van der Waals surface area contributed by atoms with Crippen molar-refractivity contribution in [1.82, 2.24) is 4.90 Å². The number of alkyl halides is 1. The van der Waals surface area contributed by atoms with E-state index >= 15 is 4.39 Å². The van der Waals surface area contributed by atoms with Gasteiger partial charge in [-0.15, -0.1) is 0 Å². The van der Waals surface area contributed by atoms with E-state index in [2.05, 4.69) is 21.9 Å². The van der Waals surface area contributed by atoms with E-state index in [1.54, 1.807) is 12.1 Å². The van der Waals surface area contributed by atoms with Crippen LogP contribution in [0.25, 0.3) is 4.85 Å². The summed E-state index contributed by atoms with van der Waals surface area (Å²) in [6.45, 7) is 9.48. The van der Waals surface area contributed by atoms with E-state index in [0.717, 1.165) is 32.5 Å². The Bertz CT molecular complexity index is 980. The van der Waals surface area contributed by atoms with Crippen LogP contribution in [0.5, 0.6) is 11.5 Å². The zero-order valence-electron chi connectivity index (χ0n) is 17.8. The highest BCUT2D eigenvalue weighted by molar-refractivity contribution is 6.07. The van der Waals surface area contributed by atoms with Gasteiger partial charge in [-0.3, -0.25) is 14.5 Å². The Hall–Kier alpha value is -2.91. The van der Waals surface area contributed by atoms with Crippen molar-refractivity contribution in [2.45, 2.75) is 37.9 Å². The Labute approximate surface area is 182 Å². The molecule has 2 aromatic rings. The smallest absolute Gasteiger partial charge is 0.357 e. The molecular weight excluding hydrogens is 395 g/mol. The highest BCUT2D eigenvalue weighted by atomic mass is 19.1. The quantitative estimate of drug-likeness (QED) is 0.607. The summed E-state index contributed by atoms with van der Waals surface area (Å²) < 4.78 is 26.5. The lowest BCUT2D eigenvalue weighted by atomic mass is 9.83. The van der Waals surface area contributed by atoms with Crippen molar-refractivity contribution in [1.29, 1.82) is 0 Å². The van der Waals surface area contributed by atoms with Crippen LogP contribution in [0.4, 0.5) is 4.39 Å². The third-order valence-electron chi connectivity index (χ3n) is 6.36. The van der Waals surface area contributed by atoms with Crippen LogP contribution in [0.1, 0.15) is 40.7 Å². The summed E-state index contributed by atoms with van der Waals surface area (Å²) in [7, 11) is 1.47. The number of hydrogen-bond acceptors (Lipinski definition) is 4. The number of benzene rings is 2. The second-order valence-corrected chi connectivity index (χ2v) is 8.47. The molecule has 1 heterocycles. The third kappa shape index (κ3) is 4.57. The molecule has 0 spiro atoms. The van der Waals surface area contributed by atoms with E-state index < -0.39 is 11.5 Å². The predicted octanol–water partition coefficient (Wildman–Crippen LogP) is 4.70. The number of hydrogen-bond donors (Lipinski definition) is 0. The van der Waals surface area contributed by atoms with Crippen LogP contribution in [-0.2, 0) is 13.0 Å². The standard InChI is InChI=1S/C25H27FN2O3/c1-27-17-31-23-12-20-15-25(26,24(29)21(20)13-22(23)30-2)14-18-8-10-28(11-9-18)16-19-6-4-3-5-7-19/h3-7,12-13,18H,8-11,14-17H2,2H3. The van der Waals surface area contributed by atoms with Crippen LogP contribution < -0.4 is 9.47 Å². The predicted molar refractivity (Wildman–Crippen MR) is 116 cm³/mol. The van der Waals surface area contributed by atoms with E-state index in [-0.39, 0.29) is 25.5 Å². The first-order valence-corrected chi connectivity index (χ1v) is 10.7. The van der Waals surface area contributed by atoms with Crippen molar-refractivity contribution in [2.24, 2.45) is 5.92 Å². The number of likely N-dealkylation sites (tertiary alicyclic amines) is 1. The molecule has 31 heavy (non-hydrogen) atoms. The molecule has 0 saturated carbocycles. The SMILES string of the molecule is [C-]#[N+]COc1cc2c(cc1OC)C(=O)C(F)(CC1CCN(Cc3ccccc3)CC1)C2. The Kier molecular flexibility index (Phi) is 6.24. The van der Waals surface area contributed by atoms with E-state index in [9.17, 15) is 4.79 Å². The number of rotatable bonds is 7. The maximum Gasteiger partial charge on any atom is 0.357 e. The number of piperidine rings is 1. The fourth-order valence-electron chi connectivity index (χ4n) is 4.77. The Morgan fingerprint density at radius 2 is 1.94 bits per heavy atom. The monoisotopic (exact) mass is 422 g/mol. The van der Waals surface area contributed by atoms with Gasteiger partial charge < -0.3 is 9.47 Å². The number of carbonyl (C=O) groups excluding carboxylic acids is 1. The van der Waals surface area contributed by atoms with Crippen molar-refractivity contribution in [2.75, 3.05) is 26.9 Å². The average molecular weight is 423 g/mol. The van der Waals surface area contributed by atoms with Gasteiger partial charge in [0.25, 0.3) is 0 Å². The number of Topliss-reactive ketones (excluding diaryl/α,β-unsaturated/α-hetero) is 1. The topological polar surface area (TPSA) is 43.1 Å². The van der Waals surface area contributed by atoms with Crippen LogP contribution in [0.15, 0.2) is 42.5 Å². The van der Waals surface area contributed by atoms with Crippen LogP contribution in [0.2, 0.25) is 0 Å². The van der Waals surface area contributed by atoms with Crippen molar-refractivity contribution < 1.29 is 18.7 Å². The van der Waals surface area contributed by atoms with Crippen LogP contribution in [0.3, 0.4) is 0 Å². The molecule has 2 aromatic carbocycles. The number of fused-ring (bicyclic) bond motifs is 1. The van der Waals surface area contributed by atoms with Gasteiger partial charge in [0.15, 0.2) is 17.2 Å². The molecule has 0 N–H and O–H groups in total. The van der Waals surface area contributed by atoms with E-state index in [4.69, 9.17) is 16.0 Å². The van der Waals surface area contributed by atoms with Crippen LogP contribution >= 0.6 is 0 Å². The van der Waals surface area contributed by atoms with Gasteiger partial charge in [-0.2, -0.15) is 0 Å². The number of halogens is 1. The fraction of sp³-hybridized carbons (Fsp3) is 0.440. The van der Waals surface area contributed by atoms with E-state index in [1.807, 2.05) is 18.2 Å². The molecule has 0 radical (unpaired) electrons. The maximum absolute atomic E-state index is 15.9. The second-order valence-electron chi connectivity index (χ2n) is 8.47. The number of ether oxygens (including phenoxy) is 2. The zero-order valence-corrected chi connectivity index (χ0v) is 17.8. The molecular formula is C25H27FN2O3. The minimum absolute atomic E-state index is 0.0593. The Morgan fingerprint density at radius 1 is 1.19 bits per heavy atom. The first-order chi connectivity index (χ1) is 15.0. The van der Waals surface area contributed by atoms with Gasteiger partial charge in [0.1, 0.15) is 0 Å². The first kappa shape index (κ1) is 21.3. The van der Waals surface area contributed by atoms with Crippen molar-refractivity contribution in [3.63, 3.8) is 0 Å². The van der Waals surface area contributed by atoms with Crippen molar-refractivity contribution in [3.05, 3.63) is 70.6 Å². The maximum atomic E-state index is 15.9. The van der Waals surface area contributed by atoms with Gasteiger partial charge in [-0.1, -0.05) is 30.3 Å². The molecule has 5 nitrogen and oxygen atoms in total. The molecule has 1 atom stereocenters. The van der Waals surface area contributed by atoms with Gasteiger partial charge in [0, 0.05) is 18.5 Å². The second kappa shape index (κ2) is 9.07. The van der Waals surface area contributed by atoms with Gasteiger partial charge in [0.05, 0.1) is 7.11 Å². The molecule has 0 aromatic heterocycles. The summed E-state index contributed by atoms with van der Waals surface area (Å²) in [5, 5.41) is 0. The molecule has 1 saturated heterocycles. The summed E-state index contributed by atoms with van der Waals surface area (Å²) in [5.74, 6) is 0.469. The van der Waals surface area contributed by atoms with E-state index in [1.165, 1.54) is 12.7 Å². The number of methoxy groups -OCH3 is 1. The normalized spacial score (nSPS) is 21.5.